The minimum Gasteiger partial charge on any atom is -0.507 e. The fourth-order valence-corrected chi connectivity index (χ4v) is 2.40. The minimum absolute atomic E-state index is 0.0989. The van der Waals surface area contributed by atoms with Crippen molar-refractivity contribution >= 4 is 10.8 Å². The van der Waals surface area contributed by atoms with E-state index in [0.29, 0.717) is 5.56 Å². The maximum absolute atomic E-state index is 10.4. The standard InChI is InChI=1S/C17H14O2/c1-11-5-4-7-13(9-11)16-15(18)10-12-6-2-3-8-14(12)17(16)19/h2-10,18-19H,1H3. The van der Waals surface area contributed by atoms with Gasteiger partial charge in [-0.15, -0.1) is 0 Å². The molecule has 2 N–H and O–H groups in total. The van der Waals surface area contributed by atoms with Gasteiger partial charge in [0.2, 0.25) is 0 Å². The predicted molar refractivity (Wildman–Crippen MR) is 77.5 cm³/mol. The number of phenolic OH excluding ortho intramolecular Hbond substituents is 2. The predicted octanol–water partition coefficient (Wildman–Crippen LogP) is 4.23. The van der Waals surface area contributed by atoms with E-state index < -0.39 is 0 Å². The number of fused-ring (bicyclic) bond motifs is 1. The molecule has 2 nitrogen and oxygen atoms in total. The van der Waals surface area contributed by atoms with Gasteiger partial charge in [0.15, 0.2) is 0 Å². The molecular formula is C17H14O2. The number of phenols is 2. The summed E-state index contributed by atoms with van der Waals surface area (Å²) < 4.78 is 0. The highest BCUT2D eigenvalue weighted by molar-refractivity contribution is 5.97. The van der Waals surface area contributed by atoms with E-state index in [4.69, 9.17) is 0 Å². The summed E-state index contributed by atoms with van der Waals surface area (Å²) in [7, 11) is 0. The summed E-state index contributed by atoms with van der Waals surface area (Å²) in [4.78, 5) is 0. The lowest BCUT2D eigenvalue weighted by molar-refractivity contribution is 0.459. The Morgan fingerprint density at radius 1 is 0.842 bits per heavy atom. The van der Waals surface area contributed by atoms with E-state index >= 15 is 0 Å². The van der Waals surface area contributed by atoms with Crippen molar-refractivity contribution in [2.45, 2.75) is 6.92 Å². The molecule has 3 aromatic rings. The second kappa shape index (κ2) is 4.32. The SMILES string of the molecule is Cc1cccc(-c2c(O)cc3ccccc3c2O)c1. The Morgan fingerprint density at radius 2 is 1.63 bits per heavy atom. The highest BCUT2D eigenvalue weighted by Gasteiger charge is 2.13. The van der Waals surface area contributed by atoms with Crippen LogP contribution in [0.15, 0.2) is 54.6 Å². The summed E-state index contributed by atoms with van der Waals surface area (Å²) >= 11 is 0. The zero-order chi connectivity index (χ0) is 13.4. The Kier molecular flexibility index (Phi) is 2.64. The van der Waals surface area contributed by atoms with Gasteiger partial charge in [0.05, 0.1) is 5.56 Å². The van der Waals surface area contributed by atoms with Crippen molar-refractivity contribution in [2.75, 3.05) is 0 Å². The molecule has 0 amide bonds. The first kappa shape index (κ1) is 11.6. The molecule has 0 aromatic heterocycles. The zero-order valence-corrected chi connectivity index (χ0v) is 10.6. The summed E-state index contributed by atoms with van der Waals surface area (Å²) in [5, 5.41) is 22.2. The van der Waals surface area contributed by atoms with Crippen molar-refractivity contribution in [3.05, 3.63) is 60.2 Å². The Hall–Kier alpha value is -2.48. The van der Waals surface area contributed by atoms with Crippen LogP contribution in [0.2, 0.25) is 0 Å². The lowest BCUT2D eigenvalue weighted by Gasteiger charge is -2.11. The molecule has 19 heavy (non-hydrogen) atoms. The second-order valence-electron chi connectivity index (χ2n) is 4.71. The fourth-order valence-electron chi connectivity index (χ4n) is 2.40. The van der Waals surface area contributed by atoms with E-state index in [0.717, 1.165) is 21.9 Å². The van der Waals surface area contributed by atoms with Crippen LogP contribution < -0.4 is 0 Å². The molecule has 3 aromatic carbocycles. The van der Waals surface area contributed by atoms with Crippen LogP contribution in [-0.2, 0) is 0 Å². The van der Waals surface area contributed by atoms with Crippen LogP contribution in [0.3, 0.4) is 0 Å². The highest BCUT2D eigenvalue weighted by Crippen LogP contribution is 2.42. The first-order valence-electron chi connectivity index (χ1n) is 6.17. The summed E-state index contributed by atoms with van der Waals surface area (Å²) in [5.41, 5.74) is 2.40. The average Bonchev–Trinajstić information content (AvgIpc) is 2.39. The van der Waals surface area contributed by atoms with E-state index in [1.54, 1.807) is 6.07 Å². The lowest BCUT2D eigenvalue weighted by atomic mass is 9.97. The van der Waals surface area contributed by atoms with Gasteiger partial charge in [0.25, 0.3) is 0 Å². The molecule has 0 aliphatic rings. The quantitative estimate of drug-likeness (QED) is 0.678. The van der Waals surface area contributed by atoms with Crippen molar-refractivity contribution in [3.8, 4) is 22.6 Å². The monoisotopic (exact) mass is 250 g/mol. The zero-order valence-electron chi connectivity index (χ0n) is 10.6. The Bertz CT molecular complexity index is 760. The molecule has 2 heteroatoms. The molecule has 0 aliphatic heterocycles. The van der Waals surface area contributed by atoms with Gasteiger partial charge in [-0.3, -0.25) is 0 Å². The van der Waals surface area contributed by atoms with E-state index in [-0.39, 0.29) is 11.5 Å². The van der Waals surface area contributed by atoms with Crippen LogP contribution in [0.1, 0.15) is 5.56 Å². The summed E-state index contributed by atoms with van der Waals surface area (Å²) in [6.45, 7) is 1.98. The number of rotatable bonds is 1. The fraction of sp³-hybridized carbons (Fsp3) is 0.0588. The van der Waals surface area contributed by atoms with Crippen LogP contribution in [0, 0.1) is 6.92 Å². The highest BCUT2D eigenvalue weighted by atomic mass is 16.3. The number of hydrogen-bond donors (Lipinski definition) is 2. The van der Waals surface area contributed by atoms with Gasteiger partial charge in [0, 0.05) is 5.39 Å². The largest absolute Gasteiger partial charge is 0.507 e. The first-order chi connectivity index (χ1) is 9.16. The molecular weight excluding hydrogens is 236 g/mol. The Morgan fingerprint density at radius 3 is 2.42 bits per heavy atom. The molecule has 0 bridgehead atoms. The Balaban J connectivity index is 2.35. The molecule has 0 unspecified atom stereocenters. The molecule has 94 valence electrons. The molecule has 0 saturated carbocycles. The molecule has 0 fully saturated rings. The van der Waals surface area contributed by atoms with Gasteiger partial charge in [-0.1, -0.05) is 54.1 Å². The molecule has 0 heterocycles. The third-order valence-electron chi connectivity index (χ3n) is 3.31. The lowest BCUT2D eigenvalue weighted by Crippen LogP contribution is -1.84. The summed E-state index contributed by atoms with van der Waals surface area (Å²) in [6.07, 6.45) is 0. The molecule has 0 atom stereocenters. The van der Waals surface area contributed by atoms with Crippen molar-refractivity contribution in [3.63, 3.8) is 0 Å². The van der Waals surface area contributed by atoms with Gasteiger partial charge in [0.1, 0.15) is 11.5 Å². The third kappa shape index (κ3) is 1.91. The molecule has 0 radical (unpaired) electrons. The van der Waals surface area contributed by atoms with E-state index in [9.17, 15) is 10.2 Å². The molecule has 0 saturated heterocycles. The van der Waals surface area contributed by atoms with E-state index in [1.165, 1.54) is 0 Å². The van der Waals surface area contributed by atoms with Crippen LogP contribution in [-0.4, -0.2) is 10.2 Å². The first-order valence-corrected chi connectivity index (χ1v) is 6.17. The van der Waals surface area contributed by atoms with Gasteiger partial charge in [-0.2, -0.15) is 0 Å². The third-order valence-corrected chi connectivity index (χ3v) is 3.31. The van der Waals surface area contributed by atoms with Crippen molar-refractivity contribution in [1.29, 1.82) is 0 Å². The van der Waals surface area contributed by atoms with Gasteiger partial charge in [-0.05, 0) is 23.9 Å². The molecule has 0 spiro atoms. The van der Waals surface area contributed by atoms with Crippen LogP contribution in [0.25, 0.3) is 21.9 Å². The summed E-state index contributed by atoms with van der Waals surface area (Å²) in [5.74, 6) is 0.225. The Labute approximate surface area is 111 Å². The summed E-state index contributed by atoms with van der Waals surface area (Å²) in [6, 6.07) is 16.9. The normalized spacial score (nSPS) is 10.8. The molecule has 0 aliphatic carbocycles. The van der Waals surface area contributed by atoms with E-state index in [1.807, 2.05) is 55.5 Å². The number of aryl methyl sites for hydroxylation is 1. The van der Waals surface area contributed by atoms with Crippen molar-refractivity contribution < 1.29 is 10.2 Å². The maximum Gasteiger partial charge on any atom is 0.134 e. The second-order valence-corrected chi connectivity index (χ2v) is 4.71. The van der Waals surface area contributed by atoms with Crippen LogP contribution >= 0.6 is 0 Å². The van der Waals surface area contributed by atoms with Crippen molar-refractivity contribution in [1.82, 2.24) is 0 Å². The topological polar surface area (TPSA) is 40.5 Å². The van der Waals surface area contributed by atoms with Crippen LogP contribution in [0.4, 0.5) is 0 Å². The molecule has 3 rings (SSSR count). The average molecular weight is 250 g/mol. The van der Waals surface area contributed by atoms with E-state index in [2.05, 4.69) is 0 Å². The van der Waals surface area contributed by atoms with Gasteiger partial charge in [-0.25, -0.2) is 0 Å². The number of hydrogen-bond acceptors (Lipinski definition) is 2. The van der Waals surface area contributed by atoms with Crippen molar-refractivity contribution in [2.24, 2.45) is 0 Å². The minimum atomic E-state index is 0.0989. The van der Waals surface area contributed by atoms with Gasteiger partial charge < -0.3 is 10.2 Å². The smallest absolute Gasteiger partial charge is 0.134 e. The van der Waals surface area contributed by atoms with Crippen LogP contribution in [0.5, 0.6) is 11.5 Å². The number of benzene rings is 3. The van der Waals surface area contributed by atoms with Gasteiger partial charge >= 0.3 is 0 Å². The maximum atomic E-state index is 10.4. The number of aromatic hydroxyl groups is 2.